The van der Waals surface area contributed by atoms with Gasteiger partial charge in [0, 0.05) is 30.2 Å². The van der Waals surface area contributed by atoms with E-state index in [2.05, 4.69) is 9.55 Å². The van der Waals surface area contributed by atoms with Crippen LogP contribution in [-0.2, 0) is 0 Å². The number of nitrogens with two attached hydrogens (primary N) is 1. The second-order valence-corrected chi connectivity index (χ2v) is 6.87. The van der Waals surface area contributed by atoms with E-state index in [1.54, 1.807) is 12.1 Å². The quantitative estimate of drug-likeness (QED) is 0.554. The molecule has 7 nitrogen and oxygen atoms in total. The second kappa shape index (κ2) is 6.49. The van der Waals surface area contributed by atoms with Gasteiger partial charge in [-0.05, 0) is 37.1 Å². The first-order valence-corrected chi connectivity index (χ1v) is 8.83. The fourth-order valence-electron chi connectivity index (χ4n) is 3.72. The number of para-hydroxylation sites is 2. The number of hydrogen-bond acceptors (Lipinski definition) is 5. The van der Waals surface area contributed by atoms with E-state index in [0.717, 1.165) is 23.9 Å². The Hall–Kier alpha value is -2.80. The van der Waals surface area contributed by atoms with Crippen LogP contribution in [0.3, 0.4) is 0 Å². The summed E-state index contributed by atoms with van der Waals surface area (Å²) in [6.07, 6.45) is 1.66. The predicted octanol–water partition coefficient (Wildman–Crippen LogP) is 4.02. The van der Waals surface area contributed by atoms with Crippen LogP contribution in [0.2, 0.25) is 5.02 Å². The number of imidazole rings is 1. The van der Waals surface area contributed by atoms with Gasteiger partial charge in [-0.2, -0.15) is 0 Å². The van der Waals surface area contributed by atoms with Crippen molar-refractivity contribution in [1.82, 2.24) is 9.55 Å². The number of nitro benzene ring substituents is 1. The minimum absolute atomic E-state index is 0.0837. The molecule has 1 aromatic heterocycles. The summed E-state index contributed by atoms with van der Waals surface area (Å²) in [6.45, 7) is 1.38. The van der Waals surface area contributed by atoms with Gasteiger partial charge in [0.1, 0.15) is 5.69 Å². The Bertz CT molecular complexity index is 979. The van der Waals surface area contributed by atoms with Crippen LogP contribution >= 0.6 is 11.6 Å². The van der Waals surface area contributed by atoms with Crippen molar-refractivity contribution >= 4 is 40.0 Å². The molecule has 1 saturated heterocycles. The molecule has 0 bridgehead atoms. The van der Waals surface area contributed by atoms with Crippen molar-refractivity contribution in [3.05, 3.63) is 57.6 Å². The van der Waals surface area contributed by atoms with E-state index in [-0.39, 0.29) is 16.7 Å². The summed E-state index contributed by atoms with van der Waals surface area (Å²) in [5.74, 6) is 0.512. The molecule has 0 saturated carbocycles. The molecule has 134 valence electrons. The largest absolute Gasteiger partial charge is 0.369 e. The monoisotopic (exact) mass is 371 g/mol. The molecular formula is C18H18ClN5O2. The molecule has 0 amide bonds. The summed E-state index contributed by atoms with van der Waals surface area (Å²) in [5, 5.41) is 11.8. The lowest BCUT2D eigenvalue weighted by Gasteiger charge is -2.34. The highest BCUT2D eigenvalue weighted by atomic mass is 35.5. The summed E-state index contributed by atoms with van der Waals surface area (Å²) < 4.78 is 2.08. The molecule has 4 rings (SSSR count). The normalized spacial score (nSPS) is 15.5. The van der Waals surface area contributed by atoms with Crippen molar-refractivity contribution < 1.29 is 4.92 Å². The molecule has 8 heteroatoms. The lowest BCUT2D eigenvalue weighted by molar-refractivity contribution is -0.384. The molecule has 0 radical (unpaired) electrons. The average molecular weight is 372 g/mol. The van der Waals surface area contributed by atoms with Crippen molar-refractivity contribution in [2.24, 2.45) is 0 Å². The van der Waals surface area contributed by atoms with E-state index in [0.29, 0.717) is 29.7 Å². The van der Waals surface area contributed by atoms with Crippen LogP contribution in [0.25, 0.3) is 11.0 Å². The highest BCUT2D eigenvalue weighted by Crippen LogP contribution is 2.36. The van der Waals surface area contributed by atoms with Gasteiger partial charge in [-0.3, -0.25) is 10.1 Å². The molecule has 2 N–H and O–H groups in total. The van der Waals surface area contributed by atoms with Crippen molar-refractivity contribution in [3.63, 3.8) is 0 Å². The first-order valence-electron chi connectivity index (χ1n) is 8.46. The summed E-state index contributed by atoms with van der Waals surface area (Å²) in [6, 6.07) is 12.8. The summed E-state index contributed by atoms with van der Waals surface area (Å²) in [5.41, 5.74) is 8.71. The molecule has 26 heavy (non-hydrogen) atoms. The lowest BCUT2D eigenvalue weighted by atomic mass is 10.0. The standard InChI is InChI=1S/C18H18ClN5O2/c19-12-5-6-16(24(25)26)17(11-12)22-9-7-13(8-10-22)23-15-4-2-1-3-14(15)21-18(23)20/h1-6,11,13H,7-10H2,(H2,20,21). The van der Waals surface area contributed by atoms with Crippen LogP contribution in [0.15, 0.2) is 42.5 Å². The van der Waals surface area contributed by atoms with Crippen LogP contribution in [0.1, 0.15) is 18.9 Å². The zero-order valence-electron chi connectivity index (χ0n) is 14.0. The number of nitrogen functional groups attached to an aromatic ring is 1. The molecule has 2 heterocycles. The first-order chi connectivity index (χ1) is 12.5. The van der Waals surface area contributed by atoms with Gasteiger partial charge in [0.15, 0.2) is 0 Å². The van der Waals surface area contributed by atoms with E-state index in [9.17, 15) is 10.1 Å². The Balaban J connectivity index is 1.59. The van der Waals surface area contributed by atoms with E-state index < -0.39 is 0 Å². The van der Waals surface area contributed by atoms with E-state index in [4.69, 9.17) is 17.3 Å². The van der Waals surface area contributed by atoms with Crippen LogP contribution in [0.5, 0.6) is 0 Å². The summed E-state index contributed by atoms with van der Waals surface area (Å²) >= 11 is 6.06. The van der Waals surface area contributed by atoms with E-state index >= 15 is 0 Å². The fourth-order valence-corrected chi connectivity index (χ4v) is 3.88. The number of hydrogen-bond donors (Lipinski definition) is 1. The average Bonchev–Trinajstić information content (AvgIpc) is 2.97. The summed E-state index contributed by atoms with van der Waals surface area (Å²) in [4.78, 5) is 17.4. The molecule has 1 aliphatic heterocycles. The van der Waals surface area contributed by atoms with Gasteiger partial charge in [-0.25, -0.2) is 4.98 Å². The maximum absolute atomic E-state index is 11.3. The van der Waals surface area contributed by atoms with Gasteiger partial charge in [0.05, 0.1) is 16.0 Å². The zero-order valence-corrected chi connectivity index (χ0v) is 14.8. The fraction of sp³-hybridized carbons (Fsp3) is 0.278. The molecule has 0 unspecified atom stereocenters. The van der Waals surface area contributed by atoms with Crippen LogP contribution in [0, 0.1) is 10.1 Å². The van der Waals surface area contributed by atoms with E-state index in [1.165, 1.54) is 6.07 Å². The van der Waals surface area contributed by atoms with Gasteiger partial charge in [-0.15, -0.1) is 0 Å². The number of anilines is 2. The molecule has 1 fully saturated rings. The molecule has 0 atom stereocenters. The van der Waals surface area contributed by atoms with Gasteiger partial charge < -0.3 is 15.2 Å². The molecule has 0 spiro atoms. The van der Waals surface area contributed by atoms with Crippen molar-refractivity contribution in [1.29, 1.82) is 0 Å². The maximum atomic E-state index is 11.3. The highest BCUT2D eigenvalue weighted by molar-refractivity contribution is 6.31. The minimum atomic E-state index is -0.362. The lowest BCUT2D eigenvalue weighted by Crippen LogP contribution is -2.35. The van der Waals surface area contributed by atoms with Crippen LogP contribution in [0.4, 0.5) is 17.3 Å². The maximum Gasteiger partial charge on any atom is 0.292 e. The highest BCUT2D eigenvalue weighted by Gasteiger charge is 2.27. The number of aromatic nitrogens is 2. The molecule has 3 aromatic rings. The molecule has 0 aliphatic carbocycles. The third kappa shape index (κ3) is 2.84. The van der Waals surface area contributed by atoms with Crippen molar-refractivity contribution in [2.75, 3.05) is 23.7 Å². The molecule has 1 aliphatic rings. The van der Waals surface area contributed by atoms with E-state index in [1.807, 2.05) is 29.2 Å². The SMILES string of the molecule is Nc1nc2ccccc2n1C1CCN(c2cc(Cl)ccc2[N+](=O)[O-])CC1. The third-order valence-electron chi connectivity index (χ3n) is 4.93. The zero-order chi connectivity index (χ0) is 18.3. The topological polar surface area (TPSA) is 90.2 Å². The Morgan fingerprint density at radius 3 is 2.65 bits per heavy atom. The number of rotatable bonds is 3. The number of nitro groups is 1. The Labute approximate surface area is 155 Å². The van der Waals surface area contributed by atoms with Crippen LogP contribution in [-0.4, -0.2) is 27.6 Å². The number of piperidine rings is 1. The second-order valence-electron chi connectivity index (χ2n) is 6.44. The smallest absolute Gasteiger partial charge is 0.292 e. The van der Waals surface area contributed by atoms with Gasteiger partial charge in [0.2, 0.25) is 5.95 Å². The number of fused-ring (bicyclic) bond motifs is 1. The molecule has 2 aromatic carbocycles. The summed E-state index contributed by atoms with van der Waals surface area (Å²) in [7, 11) is 0. The first kappa shape index (κ1) is 16.7. The number of benzene rings is 2. The predicted molar refractivity (Wildman–Crippen MR) is 103 cm³/mol. The minimum Gasteiger partial charge on any atom is -0.369 e. The van der Waals surface area contributed by atoms with Crippen molar-refractivity contribution in [3.8, 4) is 0 Å². The third-order valence-corrected chi connectivity index (χ3v) is 5.16. The van der Waals surface area contributed by atoms with Gasteiger partial charge in [-0.1, -0.05) is 23.7 Å². The Morgan fingerprint density at radius 1 is 1.19 bits per heavy atom. The van der Waals surface area contributed by atoms with Crippen molar-refractivity contribution in [2.45, 2.75) is 18.9 Å². The van der Waals surface area contributed by atoms with Crippen LogP contribution < -0.4 is 10.6 Å². The van der Waals surface area contributed by atoms with Gasteiger partial charge in [0.25, 0.3) is 5.69 Å². The Morgan fingerprint density at radius 2 is 1.92 bits per heavy atom. The number of halogens is 1. The Kier molecular flexibility index (Phi) is 4.16. The number of nitrogens with zero attached hydrogens (tertiary/aromatic N) is 4. The molecular weight excluding hydrogens is 354 g/mol. The van der Waals surface area contributed by atoms with Gasteiger partial charge >= 0.3 is 0 Å².